The molecule has 116 valence electrons. The number of anilines is 2. The summed E-state index contributed by atoms with van der Waals surface area (Å²) in [5, 5.41) is 11.1. The van der Waals surface area contributed by atoms with Crippen LogP contribution in [0.1, 0.15) is 12.8 Å². The van der Waals surface area contributed by atoms with Gasteiger partial charge in [0.1, 0.15) is 0 Å². The van der Waals surface area contributed by atoms with E-state index in [0.29, 0.717) is 32.3 Å². The molecule has 2 saturated heterocycles. The molecule has 0 aliphatic carbocycles. The molecule has 8 heteroatoms. The first-order valence-electron chi connectivity index (χ1n) is 7.27. The van der Waals surface area contributed by atoms with Gasteiger partial charge in [-0.2, -0.15) is 10.1 Å². The Balaban J connectivity index is 1.58. The van der Waals surface area contributed by atoms with Crippen molar-refractivity contribution in [2.75, 3.05) is 56.8 Å². The van der Waals surface area contributed by atoms with Crippen molar-refractivity contribution in [3.63, 3.8) is 0 Å². The maximum absolute atomic E-state index is 5.73. The molecule has 1 aromatic heterocycles. The largest absolute Gasteiger partial charge is 0.383 e. The minimum Gasteiger partial charge on any atom is -0.383 e. The van der Waals surface area contributed by atoms with E-state index in [1.165, 1.54) is 0 Å². The normalized spacial score (nSPS) is 20.9. The van der Waals surface area contributed by atoms with Gasteiger partial charge in [0.05, 0.1) is 26.0 Å². The van der Waals surface area contributed by atoms with E-state index < -0.39 is 0 Å². The van der Waals surface area contributed by atoms with Gasteiger partial charge in [-0.05, 0) is 0 Å². The van der Waals surface area contributed by atoms with Crippen molar-refractivity contribution in [3.05, 3.63) is 6.20 Å². The second-order valence-corrected chi connectivity index (χ2v) is 5.15. The molecule has 0 bridgehead atoms. The number of methoxy groups -OCH3 is 1. The minimum absolute atomic E-state index is 0.365. The first kappa shape index (κ1) is 14.4. The van der Waals surface area contributed by atoms with Crippen molar-refractivity contribution in [2.24, 2.45) is 0 Å². The molecule has 1 aromatic rings. The van der Waals surface area contributed by atoms with Gasteiger partial charge < -0.3 is 24.4 Å². The number of nitrogens with zero attached hydrogens (tertiary/aromatic N) is 4. The van der Waals surface area contributed by atoms with Crippen molar-refractivity contribution in [3.8, 4) is 0 Å². The van der Waals surface area contributed by atoms with Gasteiger partial charge in [-0.15, -0.1) is 5.10 Å². The predicted molar refractivity (Wildman–Crippen MR) is 76.3 cm³/mol. The van der Waals surface area contributed by atoms with Gasteiger partial charge in [0.15, 0.2) is 11.6 Å². The van der Waals surface area contributed by atoms with Crippen LogP contribution in [0.3, 0.4) is 0 Å². The number of aromatic nitrogens is 3. The zero-order chi connectivity index (χ0) is 14.5. The molecular weight excluding hydrogens is 274 g/mol. The molecule has 3 heterocycles. The highest BCUT2D eigenvalue weighted by Gasteiger charge is 2.40. The van der Waals surface area contributed by atoms with E-state index in [0.717, 1.165) is 31.7 Å². The lowest BCUT2D eigenvalue weighted by atomic mass is 10.0. The molecular formula is C13H21N5O3. The average molecular weight is 295 g/mol. The topological polar surface area (TPSA) is 81.6 Å². The summed E-state index contributed by atoms with van der Waals surface area (Å²) in [6.45, 7) is 4.35. The van der Waals surface area contributed by atoms with E-state index in [2.05, 4.69) is 25.4 Å². The summed E-state index contributed by atoms with van der Waals surface area (Å²) < 4.78 is 16.4. The van der Waals surface area contributed by atoms with Crippen molar-refractivity contribution in [2.45, 2.75) is 18.6 Å². The lowest BCUT2D eigenvalue weighted by Crippen LogP contribution is -2.45. The summed E-state index contributed by atoms with van der Waals surface area (Å²) in [7, 11) is 1.66. The fourth-order valence-electron chi connectivity index (χ4n) is 2.65. The number of rotatable bonds is 5. The number of hydrogen-bond acceptors (Lipinski definition) is 8. The Bertz CT molecular complexity index is 457. The van der Waals surface area contributed by atoms with Gasteiger partial charge in [-0.25, -0.2) is 0 Å². The van der Waals surface area contributed by atoms with Crippen LogP contribution in [0.25, 0.3) is 0 Å². The van der Waals surface area contributed by atoms with Gasteiger partial charge in [0.25, 0.3) is 0 Å². The number of hydrogen-bond donors (Lipinski definition) is 1. The van der Waals surface area contributed by atoms with Crippen LogP contribution < -0.4 is 10.2 Å². The number of nitrogens with one attached hydrogen (secondary N) is 1. The summed E-state index contributed by atoms with van der Waals surface area (Å²) in [5.74, 6) is 0.993. The maximum Gasteiger partial charge on any atom is 0.244 e. The molecule has 1 spiro atoms. The molecule has 21 heavy (non-hydrogen) atoms. The summed E-state index contributed by atoms with van der Waals surface area (Å²) >= 11 is 0. The van der Waals surface area contributed by atoms with Crippen molar-refractivity contribution in [1.29, 1.82) is 0 Å². The summed E-state index contributed by atoms with van der Waals surface area (Å²) in [6.07, 6.45) is 3.39. The molecule has 0 saturated carbocycles. The zero-order valence-electron chi connectivity index (χ0n) is 12.2. The Hall–Kier alpha value is -1.51. The molecule has 0 aromatic carbocycles. The molecule has 0 unspecified atom stereocenters. The molecule has 2 aliphatic rings. The highest BCUT2D eigenvalue weighted by Crippen LogP contribution is 2.32. The van der Waals surface area contributed by atoms with Gasteiger partial charge in [0, 0.05) is 39.6 Å². The van der Waals surface area contributed by atoms with E-state index >= 15 is 0 Å². The first-order chi connectivity index (χ1) is 10.3. The summed E-state index contributed by atoms with van der Waals surface area (Å²) in [4.78, 5) is 6.67. The van der Waals surface area contributed by atoms with Crippen molar-refractivity contribution < 1.29 is 14.2 Å². The third-order valence-corrected chi connectivity index (χ3v) is 3.80. The average Bonchev–Trinajstić information content (AvgIpc) is 2.97. The van der Waals surface area contributed by atoms with Crippen LogP contribution in [0.5, 0.6) is 0 Å². The van der Waals surface area contributed by atoms with Crippen LogP contribution in [0.4, 0.5) is 11.8 Å². The molecule has 1 N–H and O–H groups in total. The standard InChI is InChI=1S/C13H21N5O3/c1-19-7-4-14-12-16-11(10-15-17-12)18-5-2-13(3-6-18)20-8-9-21-13/h10H,2-9H2,1H3,(H,14,16,17). The van der Waals surface area contributed by atoms with Crippen LogP contribution in [-0.2, 0) is 14.2 Å². The number of ether oxygens (including phenoxy) is 3. The summed E-state index contributed by atoms with van der Waals surface area (Å²) in [5.41, 5.74) is 0. The van der Waals surface area contributed by atoms with Gasteiger partial charge in [-0.3, -0.25) is 0 Å². The van der Waals surface area contributed by atoms with E-state index in [4.69, 9.17) is 14.2 Å². The lowest BCUT2D eigenvalue weighted by Gasteiger charge is -2.37. The molecule has 0 radical (unpaired) electrons. The fraction of sp³-hybridized carbons (Fsp3) is 0.769. The summed E-state index contributed by atoms with van der Waals surface area (Å²) in [6, 6.07) is 0. The van der Waals surface area contributed by atoms with Crippen LogP contribution >= 0.6 is 0 Å². The maximum atomic E-state index is 5.73. The van der Waals surface area contributed by atoms with Gasteiger partial charge in [0.2, 0.25) is 5.95 Å². The Morgan fingerprint density at radius 1 is 1.33 bits per heavy atom. The molecule has 2 fully saturated rings. The van der Waals surface area contributed by atoms with Crippen LogP contribution in [0.2, 0.25) is 0 Å². The molecule has 3 rings (SSSR count). The molecule has 2 aliphatic heterocycles. The van der Waals surface area contributed by atoms with Gasteiger partial charge in [-0.1, -0.05) is 0 Å². The smallest absolute Gasteiger partial charge is 0.244 e. The van der Waals surface area contributed by atoms with Gasteiger partial charge >= 0.3 is 0 Å². The Morgan fingerprint density at radius 3 is 2.81 bits per heavy atom. The Kier molecular flexibility index (Phi) is 4.47. The number of piperidine rings is 1. The third-order valence-electron chi connectivity index (χ3n) is 3.80. The zero-order valence-corrected chi connectivity index (χ0v) is 12.2. The van der Waals surface area contributed by atoms with E-state index in [1.807, 2.05) is 0 Å². The van der Waals surface area contributed by atoms with E-state index in [-0.39, 0.29) is 5.79 Å². The molecule has 0 atom stereocenters. The van der Waals surface area contributed by atoms with E-state index in [9.17, 15) is 0 Å². The lowest BCUT2D eigenvalue weighted by molar-refractivity contribution is -0.169. The minimum atomic E-state index is -0.365. The van der Waals surface area contributed by atoms with Crippen molar-refractivity contribution in [1.82, 2.24) is 15.2 Å². The Morgan fingerprint density at radius 2 is 2.10 bits per heavy atom. The third kappa shape index (κ3) is 3.39. The fourth-order valence-corrected chi connectivity index (χ4v) is 2.65. The second-order valence-electron chi connectivity index (χ2n) is 5.15. The quantitative estimate of drug-likeness (QED) is 0.775. The predicted octanol–water partition coefficient (Wildman–Crippen LogP) is 0.273. The highest BCUT2D eigenvalue weighted by atomic mass is 16.7. The molecule has 8 nitrogen and oxygen atoms in total. The van der Waals surface area contributed by atoms with E-state index in [1.54, 1.807) is 13.3 Å². The highest BCUT2D eigenvalue weighted by molar-refractivity contribution is 5.40. The van der Waals surface area contributed by atoms with Crippen LogP contribution in [-0.4, -0.2) is 67.5 Å². The van der Waals surface area contributed by atoms with Crippen LogP contribution in [0, 0.1) is 0 Å². The van der Waals surface area contributed by atoms with Crippen molar-refractivity contribution >= 4 is 11.8 Å². The second kappa shape index (κ2) is 6.50. The van der Waals surface area contributed by atoms with Crippen LogP contribution in [0.15, 0.2) is 6.20 Å². The SMILES string of the molecule is COCCNc1nncc(N2CCC3(CC2)OCCO3)n1. The molecule has 0 amide bonds. The first-order valence-corrected chi connectivity index (χ1v) is 7.27. The Labute approximate surface area is 123 Å². The monoisotopic (exact) mass is 295 g/mol.